The zero-order valence-corrected chi connectivity index (χ0v) is 15.0. The maximum Gasteiger partial charge on any atom is 0.225 e. The van der Waals surface area contributed by atoms with Crippen molar-refractivity contribution in [3.05, 3.63) is 28.5 Å². The molecule has 1 amide bonds. The maximum atomic E-state index is 13.6. The monoisotopic (exact) mass is 393 g/mol. The van der Waals surface area contributed by atoms with E-state index in [1.807, 2.05) is 0 Å². The van der Waals surface area contributed by atoms with Crippen molar-refractivity contribution in [3.8, 4) is 0 Å². The fourth-order valence-electron chi connectivity index (χ4n) is 2.55. The quantitative estimate of drug-likeness (QED) is 0.807. The van der Waals surface area contributed by atoms with Gasteiger partial charge < -0.3 is 16.0 Å². The summed E-state index contributed by atoms with van der Waals surface area (Å²) in [4.78, 5) is 14.1. The summed E-state index contributed by atoms with van der Waals surface area (Å²) in [5.74, 6) is -0.604. The minimum absolute atomic E-state index is 0. The smallest absolute Gasteiger partial charge is 0.225 e. The van der Waals surface area contributed by atoms with Crippen LogP contribution in [0, 0.1) is 11.2 Å². The Balaban J connectivity index is 0.00000242. The lowest BCUT2D eigenvalue weighted by Crippen LogP contribution is -2.32. The molecule has 0 bridgehead atoms. The average Bonchev–Trinajstić information content (AvgIpc) is 2.82. The first-order chi connectivity index (χ1) is 9.92. The number of nitrogens with one attached hydrogen (secondary N) is 1. The van der Waals surface area contributed by atoms with Gasteiger partial charge in [-0.05, 0) is 43.1 Å². The van der Waals surface area contributed by atoms with Gasteiger partial charge in [-0.2, -0.15) is 0 Å². The largest absolute Gasteiger partial charge is 0.330 e. The van der Waals surface area contributed by atoms with Crippen molar-refractivity contribution in [2.24, 2.45) is 11.1 Å². The van der Waals surface area contributed by atoms with Crippen LogP contribution in [0.3, 0.4) is 0 Å². The molecular weight excluding hydrogens is 373 g/mol. The molecule has 0 aliphatic carbocycles. The summed E-state index contributed by atoms with van der Waals surface area (Å²) in [6.45, 7) is 5.40. The SMILES string of the molecule is CC1(CN)CCN(CCC(=O)Nc2ccc(Br)cc2F)C1.Cl. The van der Waals surface area contributed by atoms with Crippen LogP contribution in [0.4, 0.5) is 10.1 Å². The van der Waals surface area contributed by atoms with Crippen LogP contribution in [-0.2, 0) is 4.79 Å². The van der Waals surface area contributed by atoms with Crippen LogP contribution >= 0.6 is 28.3 Å². The molecule has 0 aromatic heterocycles. The van der Waals surface area contributed by atoms with Gasteiger partial charge in [0.1, 0.15) is 5.82 Å². The molecule has 2 rings (SSSR count). The number of hydrogen-bond donors (Lipinski definition) is 2. The molecule has 1 atom stereocenters. The Hall–Kier alpha value is -0.690. The van der Waals surface area contributed by atoms with E-state index in [0.29, 0.717) is 24.0 Å². The summed E-state index contributed by atoms with van der Waals surface area (Å²) in [7, 11) is 0. The molecule has 22 heavy (non-hydrogen) atoms. The van der Waals surface area contributed by atoms with Gasteiger partial charge in [0.2, 0.25) is 5.91 Å². The van der Waals surface area contributed by atoms with Crippen molar-refractivity contribution in [2.75, 3.05) is 31.5 Å². The van der Waals surface area contributed by atoms with Gasteiger partial charge >= 0.3 is 0 Å². The molecule has 1 saturated heterocycles. The summed E-state index contributed by atoms with van der Waals surface area (Å²) >= 11 is 3.19. The van der Waals surface area contributed by atoms with Gasteiger partial charge in [0.25, 0.3) is 0 Å². The Kier molecular flexibility index (Phi) is 7.25. The molecule has 0 spiro atoms. The van der Waals surface area contributed by atoms with Crippen molar-refractivity contribution in [3.63, 3.8) is 0 Å². The molecular formula is C15H22BrClFN3O. The summed E-state index contributed by atoms with van der Waals surface area (Å²) in [6, 6.07) is 4.59. The van der Waals surface area contributed by atoms with Crippen LogP contribution in [0.15, 0.2) is 22.7 Å². The Morgan fingerprint density at radius 3 is 2.86 bits per heavy atom. The van der Waals surface area contributed by atoms with Crippen LogP contribution in [0.25, 0.3) is 0 Å². The first-order valence-corrected chi connectivity index (χ1v) is 7.88. The number of hydrogen-bond acceptors (Lipinski definition) is 3. The predicted octanol–water partition coefficient (Wildman–Crippen LogP) is 3.01. The fourth-order valence-corrected chi connectivity index (χ4v) is 2.88. The van der Waals surface area contributed by atoms with E-state index < -0.39 is 5.82 Å². The second-order valence-electron chi connectivity index (χ2n) is 5.96. The lowest BCUT2D eigenvalue weighted by Gasteiger charge is -2.22. The molecule has 3 N–H and O–H groups in total. The third-order valence-electron chi connectivity index (χ3n) is 3.99. The highest BCUT2D eigenvalue weighted by Gasteiger charge is 2.32. The first-order valence-electron chi connectivity index (χ1n) is 7.09. The number of benzene rings is 1. The van der Waals surface area contributed by atoms with Gasteiger partial charge in [0.05, 0.1) is 5.69 Å². The molecule has 1 aliphatic heterocycles. The van der Waals surface area contributed by atoms with E-state index in [2.05, 4.69) is 33.1 Å². The lowest BCUT2D eigenvalue weighted by molar-refractivity contribution is -0.116. The molecule has 1 fully saturated rings. The van der Waals surface area contributed by atoms with E-state index in [1.54, 1.807) is 12.1 Å². The highest BCUT2D eigenvalue weighted by atomic mass is 79.9. The van der Waals surface area contributed by atoms with Gasteiger partial charge in [-0.1, -0.05) is 22.9 Å². The van der Waals surface area contributed by atoms with Crippen molar-refractivity contribution < 1.29 is 9.18 Å². The predicted molar refractivity (Wildman–Crippen MR) is 92.8 cm³/mol. The molecule has 0 saturated carbocycles. The second-order valence-corrected chi connectivity index (χ2v) is 6.88. The van der Waals surface area contributed by atoms with Crippen LogP contribution in [-0.4, -0.2) is 37.0 Å². The van der Waals surface area contributed by atoms with Gasteiger partial charge in [-0.15, -0.1) is 12.4 Å². The van der Waals surface area contributed by atoms with Gasteiger partial charge in [0.15, 0.2) is 0 Å². The van der Waals surface area contributed by atoms with Crippen LogP contribution in [0.1, 0.15) is 19.8 Å². The number of carbonyl (C=O) groups is 1. The summed E-state index contributed by atoms with van der Waals surface area (Å²) in [6.07, 6.45) is 1.42. The number of nitrogens with zero attached hydrogens (tertiary/aromatic N) is 1. The Labute approximate surface area is 145 Å². The summed E-state index contributed by atoms with van der Waals surface area (Å²) < 4.78 is 14.3. The standard InChI is InChI=1S/C15H21BrFN3O.ClH/c1-15(9-18)5-7-20(10-15)6-4-14(21)19-13-3-2-11(16)8-12(13)17;/h2-3,8H,4-7,9-10,18H2,1H3,(H,19,21);1H. The van der Waals surface area contributed by atoms with Gasteiger partial charge in [0, 0.05) is 24.0 Å². The van der Waals surface area contributed by atoms with Crippen molar-refractivity contribution in [1.29, 1.82) is 0 Å². The third-order valence-corrected chi connectivity index (χ3v) is 4.48. The average molecular weight is 395 g/mol. The number of nitrogens with two attached hydrogens (primary N) is 1. The number of rotatable bonds is 5. The van der Waals surface area contributed by atoms with E-state index in [1.165, 1.54) is 6.07 Å². The third kappa shape index (κ3) is 5.19. The minimum atomic E-state index is -0.436. The molecule has 1 heterocycles. The molecule has 7 heteroatoms. The Morgan fingerprint density at radius 2 is 2.27 bits per heavy atom. The van der Waals surface area contributed by atoms with E-state index in [4.69, 9.17) is 5.73 Å². The fraction of sp³-hybridized carbons (Fsp3) is 0.533. The number of halogens is 3. The first kappa shape index (κ1) is 19.4. The van der Waals surface area contributed by atoms with Crippen molar-refractivity contribution in [1.82, 2.24) is 4.90 Å². The van der Waals surface area contributed by atoms with E-state index >= 15 is 0 Å². The zero-order chi connectivity index (χ0) is 15.5. The van der Waals surface area contributed by atoms with Crippen molar-refractivity contribution >= 4 is 39.9 Å². The zero-order valence-electron chi connectivity index (χ0n) is 12.6. The number of anilines is 1. The number of likely N-dealkylation sites (tertiary alicyclic amines) is 1. The van der Waals surface area contributed by atoms with E-state index in [0.717, 1.165) is 19.5 Å². The van der Waals surface area contributed by atoms with Crippen LogP contribution in [0.5, 0.6) is 0 Å². The summed E-state index contributed by atoms with van der Waals surface area (Å²) in [5, 5.41) is 2.61. The Bertz CT molecular complexity index is 532. The molecule has 124 valence electrons. The Morgan fingerprint density at radius 1 is 1.55 bits per heavy atom. The minimum Gasteiger partial charge on any atom is -0.330 e. The van der Waals surface area contributed by atoms with Crippen LogP contribution in [0.2, 0.25) is 0 Å². The van der Waals surface area contributed by atoms with Gasteiger partial charge in [-0.3, -0.25) is 4.79 Å². The molecule has 0 radical (unpaired) electrons. The lowest BCUT2D eigenvalue weighted by atomic mass is 9.90. The van der Waals surface area contributed by atoms with Crippen LogP contribution < -0.4 is 11.1 Å². The van der Waals surface area contributed by atoms with Gasteiger partial charge in [-0.25, -0.2) is 4.39 Å². The maximum absolute atomic E-state index is 13.6. The number of amides is 1. The summed E-state index contributed by atoms with van der Waals surface area (Å²) in [5.41, 5.74) is 6.15. The molecule has 1 aromatic rings. The molecule has 1 aliphatic rings. The molecule has 1 aromatic carbocycles. The normalized spacial score (nSPS) is 21.5. The highest BCUT2D eigenvalue weighted by molar-refractivity contribution is 9.10. The van der Waals surface area contributed by atoms with Crippen molar-refractivity contribution in [2.45, 2.75) is 19.8 Å². The molecule has 1 unspecified atom stereocenters. The number of carbonyl (C=O) groups excluding carboxylic acids is 1. The topological polar surface area (TPSA) is 58.4 Å². The van der Waals surface area contributed by atoms with E-state index in [-0.39, 0.29) is 29.4 Å². The van der Waals surface area contributed by atoms with E-state index in [9.17, 15) is 9.18 Å². The second kappa shape index (κ2) is 8.24. The molecule has 4 nitrogen and oxygen atoms in total. The highest BCUT2D eigenvalue weighted by Crippen LogP contribution is 2.28.